The Balaban J connectivity index is 2.67. The first kappa shape index (κ1) is 15.7. The van der Waals surface area contributed by atoms with E-state index in [1.165, 1.54) is 0 Å². The van der Waals surface area contributed by atoms with Gasteiger partial charge in [0.05, 0.1) is 5.69 Å². The number of halogens is 2. The van der Waals surface area contributed by atoms with Crippen LogP contribution in [-0.2, 0) is 4.79 Å². The summed E-state index contributed by atoms with van der Waals surface area (Å²) in [6.45, 7) is 4.21. The molecule has 1 rings (SSSR count). The van der Waals surface area contributed by atoms with Crippen LogP contribution in [-0.4, -0.2) is 5.91 Å². The predicted octanol–water partition coefficient (Wildman–Crippen LogP) is 5.37. The van der Waals surface area contributed by atoms with E-state index in [0.29, 0.717) is 0 Å². The minimum Gasteiger partial charge on any atom is -0.325 e. The molecule has 1 unspecified atom stereocenters. The van der Waals surface area contributed by atoms with Gasteiger partial charge in [0.2, 0.25) is 5.91 Å². The van der Waals surface area contributed by atoms with Crippen molar-refractivity contribution in [3.63, 3.8) is 0 Å². The molecule has 0 saturated heterocycles. The molecule has 0 fully saturated rings. The van der Waals surface area contributed by atoms with Gasteiger partial charge in [-0.05, 0) is 47.0 Å². The van der Waals surface area contributed by atoms with Crippen LogP contribution >= 0.6 is 31.9 Å². The molecule has 0 heterocycles. The van der Waals surface area contributed by atoms with Gasteiger partial charge < -0.3 is 5.32 Å². The van der Waals surface area contributed by atoms with Gasteiger partial charge in [0.15, 0.2) is 0 Å². The summed E-state index contributed by atoms with van der Waals surface area (Å²) in [6, 6.07) is 5.76. The molecule has 0 bridgehead atoms. The molecule has 0 radical (unpaired) electrons. The van der Waals surface area contributed by atoms with E-state index in [1.54, 1.807) is 0 Å². The van der Waals surface area contributed by atoms with Gasteiger partial charge in [0.1, 0.15) is 0 Å². The number of hydrogen-bond acceptors (Lipinski definition) is 1. The molecule has 0 aliphatic rings. The highest BCUT2D eigenvalue weighted by Crippen LogP contribution is 2.27. The molecule has 0 spiro atoms. The van der Waals surface area contributed by atoms with E-state index in [2.05, 4.69) is 51.0 Å². The molecule has 18 heavy (non-hydrogen) atoms. The summed E-state index contributed by atoms with van der Waals surface area (Å²) in [5.74, 6) is 0.231. The predicted molar refractivity (Wildman–Crippen MR) is 83.8 cm³/mol. The van der Waals surface area contributed by atoms with Crippen molar-refractivity contribution in [2.45, 2.75) is 39.5 Å². The molecule has 2 nitrogen and oxygen atoms in total. The Morgan fingerprint density at radius 3 is 2.61 bits per heavy atom. The van der Waals surface area contributed by atoms with E-state index in [1.807, 2.05) is 18.2 Å². The summed E-state index contributed by atoms with van der Waals surface area (Å²) in [6.07, 6.45) is 4.09. The van der Waals surface area contributed by atoms with Crippen LogP contribution in [0.15, 0.2) is 27.1 Å². The highest BCUT2D eigenvalue weighted by Gasteiger charge is 2.16. The summed E-state index contributed by atoms with van der Waals surface area (Å²) in [5, 5.41) is 2.99. The lowest BCUT2D eigenvalue weighted by Gasteiger charge is -2.15. The number of anilines is 1. The smallest absolute Gasteiger partial charge is 0.227 e. The van der Waals surface area contributed by atoms with E-state index in [9.17, 15) is 4.79 Å². The van der Waals surface area contributed by atoms with Crippen LogP contribution in [0.5, 0.6) is 0 Å². The van der Waals surface area contributed by atoms with Crippen LogP contribution in [0.1, 0.15) is 39.5 Å². The van der Waals surface area contributed by atoms with Crippen molar-refractivity contribution in [3.8, 4) is 0 Å². The van der Waals surface area contributed by atoms with E-state index in [4.69, 9.17) is 0 Å². The molecule has 0 aliphatic carbocycles. The summed E-state index contributed by atoms with van der Waals surface area (Å²) in [4.78, 5) is 12.1. The van der Waals surface area contributed by atoms with Crippen LogP contribution in [0.3, 0.4) is 0 Å². The number of unbranched alkanes of at least 4 members (excludes halogenated alkanes) is 1. The first-order valence-electron chi connectivity index (χ1n) is 6.34. The SMILES string of the molecule is CCCCC(CC)C(=O)Nc1ccc(Br)cc1Br. The van der Waals surface area contributed by atoms with Gasteiger partial charge in [0.25, 0.3) is 0 Å². The van der Waals surface area contributed by atoms with Crippen LogP contribution in [0.4, 0.5) is 5.69 Å². The van der Waals surface area contributed by atoms with Crippen molar-refractivity contribution < 1.29 is 4.79 Å². The number of carbonyl (C=O) groups excluding carboxylic acids is 1. The van der Waals surface area contributed by atoms with Gasteiger partial charge in [-0.1, -0.05) is 42.6 Å². The fraction of sp³-hybridized carbons (Fsp3) is 0.500. The quantitative estimate of drug-likeness (QED) is 0.710. The summed E-state index contributed by atoms with van der Waals surface area (Å²) in [7, 11) is 0. The Morgan fingerprint density at radius 1 is 1.33 bits per heavy atom. The van der Waals surface area contributed by atoms with Gasteiger partial charge in [-0.25, -0.2) is 0 Å². The maximum atomic E-state index is 12.1. The van der Waals surface area contributed by atoms with Gasteiger partial charge in [-0.15, -0.1) is 0 Å². The van der Waals surface area contributed by atoms with Crippen molar-refractivity contribution in [1.82, 2.24) is 0 Å². The molecular formula is C14H19Br2NO. The fourth-order valence-electron chi connectivity index (χ4n) is 1.80. The second-order valence-corrected chi connectivity index (χ2v) is 6.13. The van der Waals surface area contributed by atoms with Crippen LogP contribution < -0.4 is 5.32 Å². The van der Waals surface area contributed by atoms with Crippen molar-refractivity contribution in [2.24, 2.45) is 5.92 Å². The molecule has 1 amide bonds. The van der Waals surface area contributed by atoms with Crippen LogP contribution in [0, 0.1) is 5.92 Å². The lowest BCUT2D eigenvalue weighted by molar-refractivity contribution is -0.120. The zero-order chi connectivity index (χ0) is 13.5. The van der Waals surface area contributed by atoms with Crippen molar-refractivity contribution in [3.05, 3.63) is 27.1 Å². The molecule has 0 aliphatic heterocycles. The Morgan fingerprint density at radius 2 is 2.06 bits per heavy atom. The van der Waals surface area contributed by atoms with Gasteiger partial charge in [-0.2, -0.15) is 0 Å². The average molecular weight is 377 g/mol. The molecule has 0 saturated carbocycles. The van der Waals surface area contributed by atoms with Gasteiger partial charge in [0, 0.05) is 14.9 Å². The number of nitrogens with one attached hydrogen (secondary N) is 1. The number of benzene rings is 1. The Hall–Kier alpha value is -0.350. The highest BCUT2D eigenvalue weighted by atomic mass is 79.9. The van der Waals surface area contributed by atoms with Crippen molar-refractivity contribution in [1.29, 1.82) is 0 Å². The largest absolute Gasteiger partial charge is 0.325 e. The zero-order valence-corrected chi connectivity index (χ0v) is 14.0. The van der Waals surface area contributed by atoms with E-state index in [-0.39, 0.29) is 11.8 Å². The minimum atomic E-state index is 0.112. The van der Waals surface area contributed by atoms with E-state index >= 15 is 0 Å². The monoisotopic (exact) mass is 375 g/mol. The molecule has 100 valence electrons. The summed E-state index contributed by atoms with van der Waals surface area (Å²) in [5.41, 5.74) is 0.832. The van der Waals surface area contributed by atoms with Gasteiger partial charge >= 0.3 is 0 Å². The van der Waals surface area contributed by atoms with Crippen molar-refractivity contribution in [2.75, 3.05) is 5.32 Å². The lowest BCUT2D eigenvalue weighted by Crippen LogP contribution is -2.22. The average Bonchev–Trinajstić information content (AvgIpc) is 2.34. The maximum absolute atomic E-state index is 12.1. The Labute approximate surface area is 126 Å². The number of amides is 1. The number of carbonyl (C=O) groups is 1. The third kappa shape index (κ3) is 4.73. The lowest BCUT2D eigenvalue weighted by atomic mass is 9.98. The highest BCUT2D eigenvalue weighted by molar-refractivity contribution is 9.11. The topological polar surface area (TPSA) is 29.1 Å². The standard InChI is InChI=1S/C14H19Br2NO/c1-3-5-6-10(4-2)14(18)17-13-8-7-11(15)9-12(13)16/h7-10H,3-6H2,1-2H3,(H,17,18). The summed E-state index contributed by atoms with van der Waals surface area (Å²) < 4.78 is 1.89. The first-order chi connectivity index (χ1) is 8.58. The zero-order valence-electron chi connectivity index (χ0n) is 10.8. The molecule has 1 atom stereocenters. The summed E-state index contributed by atoms with van der Waals surface area (Å²) >= 11 is 6.85. The first-order valence-corrected chi connectivity index (χ1v) is 7.93. The molecule has 1 N–H and O–H groups in total. The Bertz CT molecular complexity index is 407. The van der Waals surface area contributed by atoms with Crippen LogP contribution in [0.2, 0.25) is 0 Å². The third-order valence-corrected chi connectivity index (χ3v) is 4.11. The van der Waals surface area contributed by atoms with Crippen LogP contribution in [0.25, 0.3) is 0 Å². The molecule has 1 aromatic rings. The number of rotatable bonds is 6. The number of hydrogen-bond donors (Lipinski definition) is 1. The van der Waals surface area contributed by atoms with Crippen molar-refractivity contribution >= 4 is 43.5 Å². The Kier molecular flexibility index (Phi) is 6.94. The second kappa shape index (κ2) is 7.95. The van der Waals surface area contributed by atoms with Gasteiger partial charge in [-0.3, -0.25) is 4.79 Å². The molecule has 0 aromatic heterocycles. The van der Waals surface area contributed by atoms with E-state index in [0.717, 1.165) is 40.3 Å². The van der Waals surface area contributed by atoms with E-state index < -0.39 is 0 Å². The normalized spacial score (nSPS) is 12.2. The maximum Gasteiger partial charge on any atom is 0.227 e. The third-order valence-electron chi connectivity index (χ3n) is 2.96. The molecular weight excluding hydrogens is 358 g/mol. The second-order valence-electron chi connectivity index (χ2n) is 4.36. The fourth-order valence-corrected chi connectivity index (χ4v) is 2.94. The molecule has 1 aromatic carbocycles. The minimum absolute atomic E-state index is 0.112. The molecule has 4 heteroatoms.